The molecule has 1 aromatic carbocycles. The monoisotopic (exact) mass is 583 g/mol. The zero-order chi connectivity index (χ0) is 30.4. The van der Waals surface area contributed by atoms with Crippen molar-refractivity contribution in [2.45, 2.75) is 52.0 Å². The molecule has 11 heteroatoms. The third-order valence-electron chi connectivity index (χ3n) is 8.27. The predicted octanol–water partition coefficient (Wildman–Crippen LogP) is 2.81. The molecule has 1 saturated heterocycles. The lowest BCUT2D eigenvalue weighted by atomic mass is 9.84. The molecule has 3 heterocycles. The maximum Gasteiger partial charge on any atom is 0.308 e. The molecule has 2 amide bonds. The van der Waals surface area contributed by atoms with Crippen molar-refractivity contribution in [2.24, 2.45) is 13.0 Å². The summed E-state index contributed by atoms with van der Waals surface area (Å²) in [6.45, 7) is 7.47. The summed E-state index contributed by atoms with van der Waals surface area (Å²) in [7, 11) is 3.45. The molecule has 0 radical (unpaired) electrons. The highest BCUT2D eigenvalue weighted by Crippen LogP contribution is 2.47. The van der Waals surface area contributed by atoms with Crippen LogP contribution >= 0.6 is 0 Å². The normalized spacial score (nSPS) is 19.5. The fraction of sp³-hybridized carbons (Fsp3) is 0.548. The lowest BCUT2D eigenvalue weighted by Crippen LogP contribution is -2.46. The van der Waals surface area contributed by atoms with E-state index >= 15 is 0 Å². The van der Waals surface area contributed by atoms with Crippen LogP contribution in [0.2, 0.25) is 0 Å². The van der Waals surface area contributed by atoms with Crippen LogP contribution in [0, 0.1) is 5.92 Å². The first-order valence-corrected chi connectivity index (χ1v) is 14.6. The number of ether oxygens (including phenoxy) is 3. The summed E-state index contributed by atoms with van der Waals surface area (Å²) in [6, 6.07) is 6.98. The van der Waals surface area contributed by atoms with Crippen LogP contribution in [0.25, 0.3) is 0 Å². The summed E-state index contributed by atoms with van der Waals surface area (Å²) in [5.41, 5.74) is 1.55. The fourth-order valence-corrected chi connectivity index (χ4v) is 6.09. The Labute approximate surface area is 247 Å². The highest BCUT2D eigenvalue weighted by molar-refractivity contribution is 5.94. The van der Waals surface area contributed by atoms with Crippen molar-refractivity contribution in [1.29, 1.82) is 0 Å². The van der Waals surface area contributed by atoms with Gasteiger partial charge in [0.1, 0.15) is 12.7 Å². The Hall–Kier alpha value is -3.86. The molecule has 1 unspecified atom stereocenters. The van der Waals surface area contributed by atoms with Crippen molar-refractivity contribution in [2.75, 3.05) is 51.5 Å². The van der Waals surface area contributed by atoms with Crippen molar-refractivity contribution in [3.05, 3.63) is 42.2 Å². The second-order valence-corrected chi connectivity index (χ2v) is 10.9. The Morgan fingerprint density at radius 2 is 1.98 bits per heavy atom. The average Bonchev–Trinajstić information content (AvgIpc) is 3.58. The molecular formula is C31H43N4O7+. The zero-order valence-electron chi connectivity index (χ0n) is 25.2. The number of anilines is 1. The van der Waals surface area contributed by atoms with Gasteiger partial charge in [-0.1, -0.05) is 13.3 Å². The standard InChI is InChI=1S/C31H42N4O7/c1-6-8-13-35(23-10-9-12-32(4)17-23)28(37)19-34-18-24(22-15-26(40-5)30-27(16-22)41-20-42-30)29(31(38)39)25(34)11-14-33(7-2)21(3)36/h9-10,12,15-17,24-25,29H,6-8,11,13-14,18-20H2,1-5H3/p+1/t24-,25+,29?/m1/s1. The minimum Gasteiger partial charge on any atom is -0.493 e. The summed E-state index contributed by atoms with van der Waals surface area (Å²) in [4.78, 5) is 44.5. The van der Waals surface area contributed by atoms with E-state index < -0.39 is 23.8 Å². The number of nitrogens with zero attached hydrogens (tertiary/aromatic N) is 4. The third kappa shape index (κ3) is 6.78. The number of unbranched alkanes of at least 4 members (excludes halogenated alkanes) is 1. The first-order valence-electron chi connectivity index (χ1n) is 14.6. The van der Waals surface area contributed by atoms with Gasteiger partial charge in [0.15, 0.2) is 23.9 Å². The largest absolute Gasteiger partial charge is 0.493 e. The molecule has 0 aliphatic carbocycles. The summed E-state index contributed by atoms with van der Waals surface area (Å²) in [6.07, 6.45) is 6.03. The van der Waals surface area contributed by atoms with E-state index in [-0.39, 0.29) is 25.2 Å². The van der Waals surface area contributed by atoms with Gasteiger partial charge in [0.2, 0.25) is 24.4 Å². The number of fused-ring (bicyclic) bond motifs is 1. The molecule has 0 spiro atoms. The molecule has 0 saturated carbocycles. The highest BCUT2D eigenvalue weighted by atomic mass is 16.7. The Kier molecular flexibility index (Phi) is 10.3. The van der Waals surface area contributed by atoms with Crippen LogP contribution in [-0.4, -0.2) is 85.4 Å². The topological polar surface area (TPSA) is 113 Å². The highest BCUT2D eigenvalue weighted by Gasteiger charge is 2.48. The summed E-state index contributed by atoms with van der Waals surface area (Å²) in [5, 5.41) is 10.6. The van der Waals surface area contributed by atoms with Gasteiger partial charge in [-0.3, -0.25) is 19.3 Å². The minimum absolute atomic E-state index is 0.0567. The molecular weight excluding hydrogens is 540 g/mol. The van der Waals surface area contributed by atoms with E-state index in [1.54, 1.807) is 9.80 Å². The van der Waals surface area contributed by atoms with Gasteiger partial charge >= 0.3 is 5.97 Å². The number of aliphatic carboxylic acids is 1. The van der Waals surface area contributed by atoms with Crippen molar-refractivity contribution in [3.63, 3.8) is 0 Å². The summed E-state index contributed by atoms with van der Waals surface area (Å²) < 4.78 is 18.6. The molecule has 42 heavy (non-hydrogen) atoms. The molecule has 1 N–H and O–H groups in total. The van der Waals surface area contributed by atoms with Gasteiger partial charge in [-0.25, -0.2) is 4.57 Å². The van der Waals surface area contributed by atoms with E-state index in [0.717, 1.165) is 24.1 Å². The molecule has 228 valence electrons. The van der Waals surface area contributed by atoms with Crippen LogP contribution in [0.3, 0.4) is 0 Å². The zero-order valence-corrected chi connectivity index (χ0v) is 25.2. The molecule has 1 aromatic heterocycles. The Morgan fingerprint density at radius 3 is 2.62 bits per heavy atom. The molecule has 0 bridgehead atoms. The number of aryl methyl sites for hydroxylation is 1. The van der Waals surface area contributed by atoms with Gasteiger partial charge in [0, 0.05) is 51.1 Å². The molecule has 3 atom stereocenters. The van der Waals surface area contributed by atoms with E-state index in [1.165, 1.54) is 14.0 Å². The Balaban J connectivity index is 1.69. The maximum absolute atomic E-state index is 13.9. The molecule has 2 aliphatic heterocycles. The second-order valence-electron chi connectivity index (χ2n) is 10.9. The maximum atomic E-state index is 13.9. The van der Waals surface area contributed by atoms with Gasteiger partial charge in [0.25, 0.3) is 0 Å². The van der Waals surface area contributed by atoms with E-state index in [0.29, 0.717) is 49.8 Å². The number of carboxylic acid groups (broad SMARTS) is 1. The first-order chi connectivity index (χ1) is 20.2. The van der Waals surface area contributed by atoms with Gasteiger partial charge < -0.3 is 29.1 Å². The molecule has 11 nitrogen and oxygen atoms in total. The van der Waals surface area contributed by atoms with Crippen LogP contribution in [0.4, 0.5) is 5.69 Å². The first kappa shape index (κ1) is 31.1. The fourth-order valence-electron chi connectivity index (χ4n) is 6.09. The van der Waals surface area contributed by atoms with E-state index in [4.69, 9.17) is 14.2 Å². The number of amides is 2. The number of aromatic nitrogens is 1. The van der Waals surface area contributed by atoms with E-state index in [9.17, 15) is 19.5 Å². The van der Waals surface area contributed by atoms with Crippen LogP contribution in [0.1, 0.15) is 51.5 Å². The number of pyridine rings is 1. The Bertz CT molecular complexity index is 1290. The SMILES string of the molecule is CCCCN(C(=O)CN1C[C@H](c2cc(OC)c3c(c2)OCO3)C(C(=O)O)[C@@H]1CCN(CC)C(C)=O)c1ccc[n+](C)c1. The lowest BCUT2D eigenvalue weighted by molar-refractivity contribution is -0.670. The quantitative estimate of drug-likeness (QED) is 0.359. The van der Waals surface area contributed by atoms with Crippen LogP contribution in [0.5, 0.6) is 17.2 Å². The Morgan fingerprint density at radius 1 is 1.19 bits per heavy atom. The predicted molar refractivity (Wildman–Crippen MR) is 156 cm³/mol. The van der Waals surface area contributed by atoms with Crippen molar-refractivity contribution < 1.29 is 38.3 Å². The van der Waals surface area contributed by atoms with Crippen LogP contribution in [0.15, 0.2) is 36.7 Å². The summed E-state index contributed by atoms with van der Waals surface area (Å²) >= 11 is 0. The number of carbonyl (C=O) groups is 3. The van der Waals surface area contributed by atoms with Crippen molar-refractivity contribution in [3.8, 4) is 17.2 Å². The van der Waals surface area contributed by atoms with Gasteiger partial charge in [-0.05, 0) is 43.5 Å². The average molecular weight is 584 g/mol. The van der Waals surface area contributed by atoms with Gasteiger partial charge in [0.05, 0.1) is 19.6 Å². The molecule has 2 aliphatic rings. The number of methoxy groups -OCH3 is 1. The van der Waals surface area contributed by atoms with Crippen LogP contribution in [-0.2, 0) is 21.4 Å². The molecule has 1 fully saturated rings. The molecule has 4 rings (SSSR count). The summed E-state index contributed by atoms with van der Waals surface area (Å²) in [5.74, 6) is -0.862. The van der Waals surface area contributed by atoms with E-state index in [1.807, 2.05) is 60.1 Å². The van der Waals surface area contributed by atoms with Crippen LogP contribution < -0.4 is 23.7 Å². The number of rotatable bonds is 13. The van der Waals surface area contributed by atoms with Gasteiger partial charge in [-0.2, -0.15) is 0 Å². The van der Waals surface area contributed by atoms with E-state index in [2.05, 4.69) is 6.92 Å². The lowest BCUT2D eigenvalue weighted by Gasteiger charge is -2.31. The number of hydrogen-bond donors (Lipinski definition) is 1. The number of hydrogen-bond acceptors (Lipinski definition) is 7. The number of carboxylic acids is 1. The number of carbonyl (C=O) groups excluding carboxylic acids is 2. The smallest absolute Gasteiger partial charge is 0.308 e. The number of benzene rings is 1. The number of likely N-dealkylation sites (tertiary alicyclic amines) is 1. The second kappa shape index (κ2) is 13.9. The van der Waals surface area contributed by atoms with Gasteiger partial charge in [-0.15, -0.1) is 0 Å². The third-order valence-corrected chi connectivity index (χ3v) is 8.27. The van der Waals surface area contributed by atoms with Crippen molar-refractivity contribution >= 4 is 23.5 Å². The van der Waals surface area contributed by atoms with Crippen molar-refractivity contribution in [1.82, 2.24) is 9.80 Å². The molecule has 2 aromatic rings. The minimum atomic E-state index is -0.944.